The van der Waals surface area contributed by atoms with Crippen molar-refractivity contribution in [2.45, 2.75) is 244 Å². The third-order valence-electron chi connectivity index (χ3n) is 26.7. The molecule has 44 nitrogen and oxygen atoms in total. The third-order valence-corrected chi connectivity index (χ3v) is 27.5. The van der Waals surface area contributed by atoms with E-state index in [1.807, 2.05) is 36.4 Å². The zero-order valence-corrected chi connectivity index (χ0v) is 82.0. The number of hydrogen-bond acceptors (Lipinski definition) is 35. The standard InChI is InChI=1S/C100H113Cl3N10O34/c1-41(2)26-60(113(7)98(136)137-40-45-10-21-54(22-11-45)140-96-83(125)81(123)79(121)67(38-114)143-96)90(129)111-76-78(120)49-17-24-63(57(102)28-49)141-65-30-51-31-66(85(65)147-97-86(82(124)80(122)68(39-115)144-97)146-71-36-100(6,88(127)43(4)139-71)106-37-44-8-12-46(13-9-44)47-14-19-52(101)20-15-47)142-64-25-18-50(29-58(64)103)84(145-70-35-99(5,105)87(126)42(3)138-70)77-94(133)110-75(95(134)135)56-32-53(116)33-62(118)72(56)55-27-48(16-23-61(55)117)73(91(130)112-77)109-92(131)74(51)108-89(128)59(34-69(104)119)107-93(76)132/h8-25,27-33,41-43,59-60,67-68,70-71,73-84,86-88,96-97,106,114-118,120-127H,26,34-40,105H2,1-7H3,(H2,104,119)(H,107,132)(H,108,128)(H,109,131)(H,110,133)(H,111,129)(H,112,130)(H,134,135)/t42-,43-,59-,60+,67+,68+,70-,71-,73+,74+,75-,76+,77-,78+,79+,80+,81-,82-,83+,84+,86+,87-,88-,96+,97-,99-,100-/m0/s1. The molecule has 0 radical (unpaired) electrons. The minimum atomic E-state index is -2.50. The van der Waals surface area contributed by atoms with Crippen LogP contribution >= 0.6 is 34.8 Å². The summed E-state index contributed by atoms with van der Waals surface area (Å²) in [5.74, 6) is -17.8. The van der Waals surface area contributed by atoms with E-state index < -0.39 is 333 Å². The van der Waals surface area contributed by atoms with E-state index in [4.69, 9.17) is 98.4 Å². The number of aliphatic hydroxyl groups excluding tert-OH is 10. The number of fused-ring (bicyclic) bond motifs is 15. The number of carboxylic acids is 1. The number of nitrogens with zero attached hydrogens (tertiary/aromatic N) is 1. The van der Waals surface area contributed by atoms with Crippen LogP contribution < -0.4 is 67.6 Å². The number of aliphatic hydroxyl groups is 10. The van der Waals surface area contributed by atoms with Crippen molar-refractivity contribution in [3.63, 3.8) is 0 Å². The number of hydrogen-bond donors (Lipinski definition) is 23. The molecule has 9 heterocycles. The zero-order valence-electron chi connectivity index (χ0n) is 79.8. The third kappa shape index (κ3) is 24.1. The van der Waals surface area contributed by atoms with E-state index in [1.165, 1.54) is 51.2 Å². The Morgan fingerprint density at radius 3 is 1.76 bits per heavy atom. The molecule has 4 fully saturated rings. The molecule has 0 aromatic heterocycles. The Balaban J connectivity index is 0.866. The summed E-state index contributed by atoms with van der Waals surface area (Å²) in [6.07, 6.45) is -33.5. The Hall–Kier alpha value is -12.5. The molecule has 8 aromatic rings. The molecule has 0 saturated carbocycles. The summed E-state index contributed by atoms with van der Waals surface area (Å²) in [6.45, 7) is 7.41. The van der Waals surface area contributed by atoms with Gasteiger partial charge in [-0.1, -0.05) is 115 Å². The first kappa shape index (κ1) is 109. The number of benzene rings is 8. The van der Waals surface area contributed by atoms with E-state index in [0.29, 0.717) is 10.6 Å². The normalized spacial score (nSPS) is 30.1. The molecule has 0 spiro atoms. The van der Waals surface area contributed by atoms with Crippen LogP contribution in [-0.2, 0) is 84.7 Å². The van der Waals surface area contributed by atoms with Crippen molar-refractivity contribution in [3.05, 3.63) is 206 Å². The van der Waals surface area contributed by atoms with E-state index in [-0.39, 0.29) is 42.7 Å². The molecule has 147 heavy (non-hydrogen) atoms. The number of aliphatic carboxylic acids is 1. The van der Waals surface area contributed by atoms with E-state index >= 15 is 28.8 Å². The van der Waals surface area contributed by atoms with Crippen LogP contribution in [0.5, 0.6) is 51.7 Å². The Labute approximate surface area is 854 Å². The van der Waals surface area contributed by atoms with Crippen LogP contribution in [0.1, 0.15) is 137 Å². The van der Waals surface area contributed by atoms with Gasteiger partial charge in [0.05, 0.1) is 54.1 Å². The number of nitrogens with two attached hydrogens (primary N) is 2. The van der Waals surface area contributed by atoms with Crippen molar-refractivity contribution in [1.29, 1.82) is 0 Å². The first-order chi connectivity index (χ1) is 69.7. The summed E-state index contributed by atoms with van der Waals surface area (Å²) >= 11 is 21.0. The summed E-state index contributed by atoms with van der Waals surface area (Å²) in [7, 11) is 1.18. The molecule has 17 rings (SSSR count). The molecular weight excluding hydrogens is 1990 g/mol. The van der Waals surface area contributed by atoms with Crippen LogP contribution in [-0.4, -0.2) is 284 Å². The lowest BCUT2D eigenvalue weighted by Gasteiger charge is -2.48. The molecular formula is C100H113Cl3N10O34. The molecule has 11 bridgehead atoms. The molecule has 25 N–H and O–H groups in total. The maximum absolute atomic E-state index is 16.8. The van der Waals surface area contributed by atoms with Gasteiger partial charge in [0.25, 0.3) is 0 Å². The van der Waals surface area contributed by atoms with Gasteiger partial charge in [0.2, 0.25) is 59.7 Å². The van der Waals surface area contributed by atoms with Crippen LogP contribution in [0.25, 0.3) is 22.3 Å². The highest BCUT2D eigenvalue weighted by Crippen LogP contribution is 2.51. The number of ether oxygens (including phenoxy) is 11. The van der Waals surface area contributed by atoms with E-state index in [0.717, 1.165) is 94.4 Å². The molecule has 9 aliphatic rings. The highest BCUT2D eigenvalue weighted by molar-refractivity contribution is 6.32. The Morgan fingerprint density at radius 2 is 1.14 bits per heavy atom. The maximum atomic E-state index is 16.8. The highest BCUT2D eigenvalue weighted by Gasteiger charge is 2.54. The molecule has 47 heteroatoms. The SMILES string of the molecule is CC(C)C[C@H](C(=O)N[C@H]1C(=O)N[C@@H](CC(N)=O)C(=O)N[C@H]2C(=O)N[C@H]3C(=O)N[C@H](C(=O)N[C@H](C(=O)O)c4cc(O)cc(O)c4-c4cc3ccc4O)[C@H](O[C@H]3C[C@](C)(N)[C@@H](O)[C@H](C)O3)c3ccc(c(Cl)c3)Oc3cc2cc(c3O[C@@H]2O[C@H](CO)[C@@H](O)[C@H](O)[C@H]2O[C@H]2C[C@](C)(NCc3ccc(-c4ccc(Cl)cc4)cc3)[C@@H](O)[C@H](C)O2)Oc2ccc(cc2Cl)[C@H]1O)N(C)C(=O)OCc1ccc(O[C@@H]2O[C@H](CO)[C@@H](O)[C@H](O)[C@H]2O)cc1. The fraction of sp³-hybridized carbons (Fsp3) is 0.430. The molecule has 0 aliphatic carbocycles. The van der Waals surface area contributed by atoms with Gasteiger partial charge in [0.15, 0.2) is 36.2 Å². The van der Waals surface area contributed by atoms with Crippen molar-refractivity contribution < 1.29 is 167 Å². The molecule has 9 aliphatic heterocycles. The van der Waals surface area contributed by atoms with Crippen LogP contribution in [0.15, 0.2) is 152 Å². The van der Waals surface area contributed by atoms with Gasteiger partial charge in [-0.2, -0.15) is 0 Å². The first-order valence-electron chi connectivity index (χ1n) is 46.8. The second-order valence-corrected chi connectivity index (χ2v) is 39.3. The van der Waals surface area contributed by atoms with E-state index in [9.17, 15) is 85.9 Å². The van der Waals surface area contributed by atoms with E-state index in [2.05, 4.69) is 37.2 Å². The van der Waals surface area contributed by atoms with Gasteiger partial charge in [-0.25, -0.2) is 9.59 Å². The second kappa shape index (κ2) is 45.3. The monoisotopic (exact) mass is 2100 g/mol. The number of halogens is 3. The maximum Gasteiger partial charge on any atom is 0.410 e. The number of nitrogens with one attached hydrogen (secondary N) is 7. The number of phenols is 3. The van der Waals surface area contributed by atoms with Gasteiger partial charge in [-0.3, -0.25) is 38.5 Å². The minimum absolute atomic E-state index is 0.0611. The van der Waals surface area contributed by atoms with Crippen LogP contribution in [0.2, 0.25) is 15.1 Å². The number of aromatic hydroxyl groups is 3. The zero-order chi connectivity index (χ0) is 106. The number of rotatable bonds is 24. The summed E-state index contributed by atoms with van der Waals surface area (Å²) in [6, 6.07) is 18.2. The topological polar surface area (TPSA) is 678 Å². The molecule has 27 atom stereocenters. The number of primary amides is 1. The fourth-order valence-corrected chi connectivity index (χ4v) is 19.1. The number of amides is 8. The van der Waals surface area contributed by atoms with Gasteiger partial charge in [-0.15, -0.1) is 0 Å². The van der Waals surface area contributed by atoms with Gasteiger partial charge < -0.3 is 172 Å². The lowest BCUT2D eigenvalue weighted by Crippen LogP contribution is -2.65. The van der Waals surface area contributed by atoms with Crippen LogP contribution in [0, 0.1) is 5.92 Å². The number of phenolic OH excluding ortho intramolecular Hbond substituents is 3. The predicted molar refractivity (Wildman–Crippen MR) is 515 cm³/mol. The number of likely N-dealkylation sites (N-methyl/N-ethyl adjacent to an activating group) is 1. The number of carbonyl (C=O) groups excluding carboxylic acids is 8. The largest absolute Gasteiger partial charge is 0.508 e. The van der Waals surface area contributed by atoms with Crippen molar-refractivity contribution in [2.75, 3.05) is 20.3 Å². The molecule has 4 saturated heterocycles. The Bertz CT molecular complexity index is 6220. The Morgan fingerprint density at radius 1 is 0.571 bits per heavy atom. The van der Waals surface area contributed by atoms with Gasteiger partial charge in [0.1, 0.15) is 132 Å². The molecule has 8 aromatic carbocycles. The van der Waals surface area contributed by atoms with Crippen LogP contribution in [0.3, 0.4) is 0 Å². The predicted octanol–water partition coefficient (Wildman–Crippen LogP) is 3.72. The minimum Gasteiger partial charge on any atom is -0.508 e. The number of carboxylic acid groups (broad SMARTS) is 1. The quantitative estimate of drug-likeness (QED) is 0.0410. The average molecular weight is 2110 g/mol. The van der Waals surface area contributed by atoms with Gasteiger partial charge in [0, 0.05) is 65.3 Å². The fourth-order valence-electron chi connectivity index (χ4n) is 18.6. The molecule has 0 unspecified atom stereocenters. The lowest BCUT2D eigenvalue weighted by atomic mass is 9.84. The lowest BCUT2D eigenvalue weighted by molar-refractivity contribution is -0.334. The Kier molecular flexibility index (Phi) is 33.5. The number of carbonyl (C=O) groups is 9. The van der Waals surface area contributed by atoms with Crippen molar-refractivity contribution in [3.8, 4) is 74.0 Å². The van der Waals surface area contributed by atoms with Crippen LogP contribution in [0.4, 0.5) is 4.79 Å². The average Bonchev–Trinajstić information content (AvgIpc) is 0.798. The molecule has 788 valence electrons. The smallest absolute Gasteiger partial charge is 0.410 e. The highest BCUT2D eigenvalue weighted by atomic mass is 35.5. The van der Waals surface area contributed by atoms with E-state index in [1.54, 1.807) is 39.8 Å². The van der Waals surface area contributed by atoms with Gasteiger partial charge in [-0.05, 0) is 163 Å². The van der Waals surface area contributed by atoms with Crippen molar-refractivity contribution in [1.82, 2.24) is 42.1 Å². The summed E-state index contributed by atoms with van der Waals surface area (Å²) in [5, 5.41) is 177. The summed E-state index contributed by atoms with van der Waals surface area (Å²) in [5.41, 5.74) is 9.45. The van der Waals surface area contributed by atoms with Crippen molar-refractivity contribution in [2.24, 2.45) is 17.4 Å². The summed E-state index contributed by atoms with van der Waals surface area (Å²) in [4.78, 5) is 139. The first-order valence-corrected chi connectivity index (χ1v) is 48.0. The summed E-state index contributed by atoms with van der Waals surface area (Å²) < 4.78 is 70.0. The van der Waals surface area contributed by atoms with Crippen molar-refractivity contribution >= 4 is 88.2 Å². The second-order valence-electron chi connectivity index (χ2n) is 38.0. The van der Waals surface area contributed by atoms with Gasteiger partial charge >= 0.3 is 12.1 Å². The molecule has 8 amide bonds.